The van der Waals surface area contributed by atoms with Crippen molar-refractivity contribution in [2.45, 2.75) is 19.3 Å². The third kappa shape index (κ3) is 4.28. The second-order valence-electron chi connectivity index (χ2n) is 5.92. The van der Waals surface area contributed by atoms with Crippen LogP contribution in [0.2, 0.25) is 0 Å². The molecule has 1 aromatic heterocycles. The van der Waals surface area contributed by atoms with Crippen LogP contribution in [-0.4, -0.2) is 21.5 Å². The molecule has 0 atom stereocenters. The van der Waals surface area contributed by atoms with Crippen LogP contribution in [0.1, 0.15) is 18.4 Å². The summed E-state index contributed by atoms with van der Waals surface area (Å²) in [4.78, 5) is 15.7. The maximum atomic E-state index is 13.3. The van der Waals surface area contributed by atoms with Crippen LogP contribution >= 0.6 is 0 Å². The third-order valence-electron chi connectivity index (χ3n) is 3.78. The Morgan fingerprint density at radius 2 is 2.08 bits per heavy atom. The number of halogens is 2. The van der Waals surface area contributed by atoms with Crippen molar-refractivity contribution < 1.29 is 13.6 Å². The monoisotopic (exact) mass is 345 g/mol. The minimum absolute atomic E-state index is 0.0124. The molecule has 1 fully saturated rings. The lowest BCUT2D eigenvalue weighted by atomic mass is 10.2. The number of amides is 1. The van der Waals surface area contributed by atoms with Gasteiger partial charge in [0.05, 0.1) is 18.3 Å². The van der Waals surface area contributed by atoms with E-state index >= 15 is 0 Å². The molecule has 1 amide bonds. The Morgan fingerprint density at radius 1 is 1.32 bits per heavy atom. The smallest absolute Gasteiger partial charge is 0.252 e. The fourth-order valence-corrected chi connectivity index (χ4v) is 2.32. The van der Waals surface area contributed by atoms with E-state index in [4.69, 9.17) is 11.5 Å². The van der Waals surface area contributed by atoms with Gasteiger partial charge in [0.1, 0.15) is 5.84 Å². The van der Waals surface area contributed by atoms with E-state index in [1.54, 1.807) is 6.20 Å². The third-order valence-corrected chi connectivity index (χ3v) is 3.78. The Hall–Kier alpha value is -3.03. The predicted octanol–water partition coefficient (Wildman–Crippen LogP) is 1.83. The molecule has 0 bridgehead atoms. The normalized spacial score (nSPS) is 15.4. The first-order chi connectivity index (χ1) is 11.9. The van der Waals surface area contributed by atoms with Crippen molar-refractivity contribution in [2.24, 2.45) is 22.4 Å². The summed E-state index contributed by atoms with van der Waals surface area (Å²) in [6.45, 7) is 0. The second kappa shape index (κ2) is 6.84. The van der Waals surface area contributed by atoms with Gasteiger partial charge >= 0.3 is 0 Å². The summed E-state index contributed by atoms with van der Waals surface area (Å²) in [5.74, 6) is -1.93. The quantitative estimate of drug-likeness (QED) is 0.638. The average Bonchev–Trinajstić information content (AvgIpc) is 3.30. The molecule has 1 aliphatic rings. The summed E-state index contributed by atoms with van der Waals surface area (Å²) in [7, 11) is 0. The molecule has 1 aliphatic carbocycles. The van der Waals surface area contributed by atoms with Crippen molar-refractivity contribution in [3.05, 3.63) is 59.6 Å². The van der Waals surface area contributed by atoms with E-state index in [1.165, 1.54) is 23.0 Å². The molecule has 2 aromatic rings. The first-order valence-corrected chi connectivity index (χ1v) is 7.75. The Kier molecular flexibility index (Phi) is 4.60. The summed E-state index contributed by atoms with van der Waals surface area (Å²) in [6.07, 6.45) is 6.57. The summed E-state index contributed by atoms with van der Waals surface area (Å²) >= 11 is 0. The molecule has 1 heterocycles. The molecular weight excluding hydrogens is 328 g/mol. The molecule has 8 heteroatoms. The number of carbonyl (C=O) groups is 1. The number of rotatable bonds is 5. The zero-order valence-corrected chi connectivity index (χ0v) is 13.3. The molecule has 3 rings (SSSR count). The molecule has 4 N–H and O–H groups in total. The minimum Gasteiger partial charge on any atom is -0.402 e. The van der Waals surface area contributed by atoms with Crippen LogP contribution in [0.4, 0.5) is 8.78 Å². The van der Waals surface area contributed by atoms with Gasteiger partial charge in [0.2, 0.25) is 0 Å². The van der Waals surface area contributed by atoms with Gasteiger partial charge < -0.3 is 11.5 Å². The van der Waals surface area contributed by atoms with Crippen molar-refractivity contribution in [3.63, 3.8) is 0 Å². The first kappa shape index (κ1) is 16.8. The SMILES string of the molecule is NC(/C=C(\N)C1CC1)=NC(=O)Cc1cnn(-c2ccc(F)c(F)c2)c1. The molecule has 0 aliphatic heterocycles. The number of aromatic nitrogens is 2. The average molecular weight is 345 g/mol. The van der Waals surface area contributed by atoms with E-state index < -0.39 is 17.5 Å². The number of allylic oxidation sites excluding steroid dienone is 1. The Balaban J connectivity index is 1.67. The number of nitrogens with zero attached hydrogens (tertiary/aromatic N) is 3. The number of nitrogens with two attached hydrogens (primary N) is 2. The summed E-state index contributed by atoms with van der Waals surface area (Å²) in [5.41, 5.74) is 13.1. The fraction of sp³-hybridized carbons (Fsp3) is 0.235. The molecule has 1 saturated carbocycles. The van der Waals surface area contributed by atoms with E-state index in [9.17, 15) is 13.6 Å². The molecule has 0 spiro atoms. The number of amidine groups is 1. The van der Waals surface area contributed by atoms with Gasteiger partial charge in [-0.3, -0.25) is 4.79 Å². The second-order valence-corrected chi connectivity index (χ2v) is 5.92. The number of aliphatic imine (C=N–C) groups is 1. The van der Waals surface area contributed by atoms with Gasteiger partial charge in [0.15, 0.2) is 11.6 Å². The lowest BCUT2D eigenvalue weighted by Gasteiger charge is -2.01. The van der Waals surface area contributed by atoms with Crippen LogP contribution in [0.15, 0.2) is 47.4 Å². The number of benzene rings is 1. The van der Waals surface area contributed by atoms with Gasteiger partial charge in [-0.05, 0) is 42.5 Å². The maximum Gasteiger partial charge on any atom is 0.252 e. The van der Waals surface area contributed by atoms with E-state index in [2.05, 4.69) is 10.1 Å². The molecule has 0 unspecified atom stereocenters. The van der Waals surface area contributed by atoms with Crippen LogP contribution in [0.25, 0.3) is 5.69 Å². The van der Waals surface area contributed by atoms with E-state index in [-0.39, 0.29) is 12.3 Å². The summed E-state index contributed by atoms with van der Waals surface area (Å²) < 4.78 is 27.6. The molecule has 0 radical (unpaired) electrons. The van der Waals surface area contributed by atoms with Gasteiger partial charge in [-0.15, -0.1) is 0 Å². The van der Waals surface area contributed by atoms with Crippen molar-refractivity contribution in [3.8, 4) is 5.69 Å². The van der Waals surface area contributed by atoms with Crippen LogP contribution < -0.4 is 11.5 Å². The predicted molar refractivity (Wildman–Crippen MR) is 88.8 cm³/mol. The lowest BCUT2D eigenvalue weighted by Crippen LogP contribution is -2.15. The van der Waals surface area contributed by atoms with Crippen molar-refractivity contribution in [1.29, 1.82) is 0 Å². The summed E-state index contributed by atoms with van der Waals surface area (Å²) in [6, 6.07) is 3.42. The van der Waals surface area contributed by atoms with Crippen molar-refractivity contribution in [2.75, 3.05) is 0 Å². The Morgan fingerprint density at radius 3 is 2.76 bits per heavy atom. The highest BCUT2D eigenvalue weighted by atomic mass is 19.2. The van der Waals surface area contributed by atoms with Gasteiger partial charge in [-0.25, -0.2) is 13.5 Å². The van der Waals surface area contributed by atoms with Gasteiger partial charge in [-0.1, -0.05) is 0 Å². The Labute approximate surface area is 142 Å². The molecular formula is C17H17F2N5O. The molecule has 0 saturated heterocycles. The standard InChI is InChI=1S/C17H17F2N5O/c18-13-4-3-12(6-14(13)19)24-9-10(8-22-24)5-17(25)23-16(21)7-15(20)11-1-2-11/h3-4,6-9,11H,1-2,5,20H2,(H2,21,23,25)/b15-7-. The topological polar surface area (TPSA) is 99.3 Å². The van der Waals surface area contributed by atoms with Crippen LogP contribution in [-0.2, 0) is 11.2 Å². The minimum atomic E-state index is -0.969. The van der Waals surface area contributed by atoms with Crippen molar-refractivity contribution in [1.82, 2.24) is 9.78 Å². The first-order valence-electron chi connectivity index (χ1n) is 7.75. The zero-order chi connectivity index (χ0) is 18.0. The lowest BCUT2D eigenvalue weighted by molar-refractivity contribution is -0.117. The maximum absolute atomic E-state index is 13.3. The number of hydrogen-bond donors (Lipinski definition) is 2. The van der Waals surface area contributed by atoms with Gasteiger partial charge in [0.25, 0.3) is 5.91 Å². The van der Waals surface area contributed by atoms with Gasteiger partial charge in [-0.2, -0.15) is 10.1 Å². The van der Waals surface area contributed by atoms with Crippen LogP contribution in [0.5, 0.6) is 0 Å². The van der Waals surface area contributed by atoms with E-state index in [1.807, 2.05) is 0 Å². The van der Waals surface area contributed by atoms with E-state index in [0.717, 1.165) is 25.0 Å². The number of carbonyl (C=O) groups excluding carboxylic acids is 1. The zero-order valence-electron chi connectivity index (χ0n) is 13.3. The molecule has 6 nitrogen and oxygen atoms in total. The highest BCUT2D eigenvalue weighted by molar-refractivity contribution is 6.00. The highest BCUT2D eigenvalue weighted by Crippen LogP contribution is 2.33. The number of hydrogen-bond acceptors (Lipinski definition) is 3. The van der Waals surface area contributed by atoms with Crippen molar-refractivity contribution >= 4 is 11.7 Å². The highest BCUT2D eigenvalue weighted by Gasteiger charge is 2.24. The van der Waals surface area contributed by atoms with E-state index in [0.29, 0.717) is 22.9 Å². The largest absolute Gasteiger partial charge is 0.402 e. The Bertz CT molecular complexity index is 868. The van der Waals surface area contributed by atoms with Gasteiger partial charge in [0, 0.05) is 18.0 Å². The van der Waals surface area contributed by atoms with Crippen LogP contribution in [0.3, 0.4) is 0 Å². The summed E-state index contributed by atoms with van der Waals surface area (Å²) in [5, 5.41) is 4.03. The molecule has 1 aromatic carbocycles. The molecule has 130 valence electrons. The fourth-order valence-electron chi connectivity index (χ4n) is 2.32. The van der Waals surface area contributed by atoms with Crippen LogP contribution in [0, 0.1) is 17.6 Å². The molecule has 25 heavy (non-hydrogen) atoms.